The number of thioether (sulfide) groups is 1. The standard InChI is InChI=1S/C21H30N4O4S2/c1-25(12-14-10-11-16(27-2)19(29-4)18(14)28-3)17(26)13-30-21-24-23-20(31-21)22-15-8-6-5-7-9-15/h10-11,15H,5-9,12-13H2,1-4H3,(H,22,23). The van der Waals surface area contributed by atoms with Gasteiger partial charge in [0.15, 0.2) is 15.8 Å². The number of aromatic nitrogens is 2. The number of carbonyl (C=O) groups is 1. The van der Waals surface area contributed by atoms with Crippen LogP contribution in [-0.4, -0.2) is 61.2 Å². The molecule has 0 radical (unpaired) electrons. The summed E-state index contributed by atoms with van der Waals surface area (Å²) in [5.41, 5.74) is 0.843. The van der Waals surface area contributed by atoms with Gasteiger partial charge in [-0.05, 0) is 25.0 Å². The lowest BCUT2D eigenvalue weighted by molar-refractivity contribution is -0.127. The minimum atomic E-state index is -0.00109. The highest BCUT2D eigenvalue weighted by molar-refractivity contribution is 8.01. The highest BCUT2D eigenvalue weighted by atomic mass is 32.2. The number of hydrogen-bond acceptors (Lipinski definition) is 9. The number of rotatable bonds is 10. The van der Waals surface area contributed by atoms with Crippen LogP contribution in [0.5, 0.6) is 17.2 Å². The second-order valence-corrected chi connectivity index (χ2v) is 9.58. The molecule has 1 amide bonds. The predicted molar refractivity (Wildman–Crippen MR) is 124 cm³/mol. The number of ether oxygens (including phenoxy) is 3. The number of hydrogen-bond donors (Lipinski definition) is 1. The monoisotopic (exact) mass is 466 g/mol. The summed E-state index contributed by atoms with van der Waals surface area (Å²) in [5.74, 6) is 1.96. The highest BCUT2D eigenvalue weighted by Crippen LogP contribution is 2.40. The van der Waals surface area contributed by atoms with Crippen molar-refractivity contribution in [3.63, 3.8) is 0 Å². The summed E-state index contributed by atoms with van der Waals surface area (Å²) in [6.45, 7) is 0.396. The van der Waals surface area contributed by atoms with Crippen LogP contribution in [-0.2, 0) is 11.3 Å². The Balaban J connectivity index is 1.54. The van der Waals surface area contributed by atoms with Crippen molar-refractivity contribution in [3.05, 3.63) is 17.7 Å². The Kier molecular flexibility index (Phi) is 8.65. The summed E-state index contributed by atoms with van der Waals surface area (Å²) in [7, 11) is 6.49. The highest BCUT2D eigenvalue weighted by Gasteiger charge is 2.20. The quantitative estimate of drug-likeness (QED) is 0.525. The molecule has 1 saturated carbocycles. The van der Waals surface area contributed by atoms with Gasteiger partial charge in [0.05, 0.1) is 27.1 Å². The molecule has 0 unspecified atom stereocenters. The second-order valence-electron chi connectivity index (χ2n) is 7.38. The molecule has 10 heteroatoms. The van der Waals surface area contributed by atoms with Crippen LogP contribution in [0.2, 0.25) is 0 Å². The van der Waals surface area contributed by atoms with Gasteiger partial charge in [-0.2, -0.15) is 0 Å². The fourth-order valence-corrected chi connectivity index (χ4v) is 5.38. The first kappa shape index (κ1) is 23.5. The molecule has 31 heavy (non-hydrogen) atoms. The van der Waals surface area contributed by atoms with E-state index in [1.54, 1.807) is 33.3 Å². The molecule has 3 rings (SSSR count). The van der Waals surface area contributed by atoms with Crippen LogP contribution < -0.4 is 19.5 Å². The molecule has 170 valence electrons. The summed E-state index contributed by atoms with van der Waals surface area (Å²) in [6.07, 6.45) is 6.23. The molecular weight excluding hydrogens is 436 g/mol. The van der Waals surface area contributed by atoms with Crippen molar-refractivity contribution in [3.8, 4) is 17.2 Å². The number of benzene rings is 1. The lowest BCUT2D eigenvalue weighted by Gasteiger charge is -2.21. The van der Waals surface area contributed by atoms with Crippen molar-refractivity contribution in [2.45, 2.75) is 49.0 Å². The zero-order chi connectivity index (χ0) is 22.2. The van der Waals surface area contributed by atoms with Gasteiger partial charge >= 0.3 is 0 Å². The van der Waals surface area contributed by atoms with Crippen molar-refractivity contribution >= 4 is 34.1 Å². The van der Waals surface area contributed by atoms with Crippen molar-refractivity contribution in [2.24, 2.45) is 0 Å². The van der Waals surface area contributed by atoms with Gasteiger partial charge in [-0.1, -0.05) is 42.4 Å². The van der Waals surface area contributed by atoms with Crippen LogP contribution in [0.1, 0.15) is 37.7 Å². The van der Waals surface area contributed by atoms with Crippen LogP contribution >= 0.6 is 23.1 Å². The average molecular weight is 467 g/mol. The van der Waals surface area contributed by atoms with E-state index < -0.39 is 0 Å². The van der Waals surface area contributed by atoms with Gasteiger partial charge in [0, 0.05) is 25.2 Å². The first-order chi connectivity index (χ1) is 15.0. The number of nitrogens with one attached hydrogen (secondary N) is 1. The molecule has 1 aromatic carbocycles. The molecule has 1 aromatic heterocycles. The molecule has 1 heterocycles. The van der Waals surface area contributed by atoms with E-state index in [-0.39, 0.29) is 5.91 Å². The zero-order valence-corrected chi connectivity index (χ0v) is 20.1. The third-order valence-corrected chi connectivity index (χ3v) is 7.25. The molecule has 0 saturated heterocycles. The number of methoxy groups -OCH3 is 3. The Morgan fingerprint density at radius 1 is 1.13 bits per heavy atom. The molecule has 0 atom stereocenters. The summed E-state index contributed by atoms with van der Waals surface area (Å²) in [4.78, 5) is 14.3. The summed E-state index contributed by atoms with van der Waals surface area (Å²) >= 11 is 2.92. The van der Waals surface area contributed by atoms with Gasteiger partial charge in [-0.3, -0.25) is 4.79 Å². The van der Waals surface area contributed by atoms with Gasteiger partial charge in [0.2, 0.25) is 16.8 Å². The van der Waals surface area contributed by atoms with Gasteiger partial charge in [0.1, 0.15) is 0 Å². The smallest absolute Gasteiger partial charge is 0.233 e. The molecule has 0 aliphatic heterocycles. The first-order valence-electron chi connectivity index (χ1n) is 10.3. The molecule has 2 aromatic rings. The molecule has 1 N–H and O–H groups in total. The van der Waals surface area contributed by atoms with Crippen LogP contribution in [0.4, 0.5) is 5.13 Å². The van der Waals surface area contributed by atoms with E-state index >= 15 is 0 Å². The average Bonchev–Trinajstić information content (AvgIpc) is 3.24. The minimum Gasteiger partial charge on any atom is -0.493 e. The van der Waals surface area contributed by atoms with Gasteiger partial charge < -0.3 is 24.4 Å². The lowest BCUT2D eigenvalue weighted by Crippen LogP contribution is -2.28. The van der Waals surface area contributed by atoms with Crippen LogP contribution in [0, 0.1) is 0 Å². The Bertz CT molecular complexity index is 871. The maximum Gasteiger partial charge on any atom is 0.233 e. The zero-order valence-electron chi connectivity index (χ0n) is 18.5. The van der Waals surface area contributed by atoms with Gasteiger partial charge in [-0.25, -0.2) is 0 Å². The topological polar surface area (TPSA) is 85.8 Å². The summed E-state index contributed by atoms with van der Waals surface area (Å²) < 4.78 is 17.1. The number of amides is 1. The van der Waals surface area contributed by atoms with Crippen LogP contribution in [0.3, 0.4) is 0 Å². The van der Waals surface area contributed by atoms with E-state index in [0.717, 1.165) is 15.0 Å². The normalized spacial score (nSPS) is 14.2. The number of carbonyl (C=O) groups excluding carboxylic acids is 1. The summed E-state index contributed by atoms with van der Waals surface area (Å²) in [5, 5.41) is 12.8. The van der Waals surface area contributed by atoms with E-state index in [4.69, 9.17) is 14.2 Å². The number of nitrogens with zero attached hydrogens (tertiary/aromatic N) is 3. The number of anilines is 1. The molecule has 1 aliphatic rings. The van der Waals surface area contributed by atoms with E-state index in [9.17, 15) is 4.79 Å². The van der Waals surface area contributed by atoms with E-state index in [1.165, 1.54) is 55.2 Å². The van der Waals surface area contributed by atoms with E-state index in [1.807, 2.05) is 12.1 Å². The molecule has 1 aliphatic carbocycles. The fourth-order valence-electron chi connectivity index (χ4n) is 3.61. The Morgan fingerprint density at radius 2 is 1.87 bits per heavy atom. The van der Waals surface area contributed by atoms with Crippen molar-refractivity contribution in [1.82, 2.24) is 15.1 Å². The third-order valence-electron chi connectivity index (χ3n) is 5.28. The SMILES string of the molecule is COc1ccc(CN(C)C(=O)CSc2nnc(NC3CCCCC3)s2)c(OC)c1OC. The van der Waals surface area contributed by atoms with Gasteiger partial charge in [0.25, 0.3) is 0 Å². The maximum atomic E-state index is 12.7. The Morgan fingerprint density at radius 3 is 2.55 bits per heavy atom. The largest absolute Gasteiger partial charge is 0.493 e. The van der Waals surface area contributed by atoms with Crippen LogP contribution in [0.15, 0.2) is 16.5 Å². The first-order valence-corrected chi connectivity index (χ1v) is 12.1. The van der Waals surface area contributed by atoms with Crippen molar-refractivity contribution in [1.29, 1.82) is 0 Å². The molecular formula is C21H30N4O4S2. The molecule has 0 bridgehead atoms. The Labute approximate surface area is 191 Å². The molecule has 8 nitrogen and oxygen atoms in total. The van der Waals surface area contributed by atoms with Crippen molar-refractivity contribution in [2.75, 3.05) is 39.4 Å². The fraction of sp³-hybridized carbons (Fsp3) is 0.571. The maximum absolute atomic E-state index is 12.7. The summed E-state index contributed by atoms with van der Waals surface area (Å²) in [6, 6.07) is 4.18. The minimum absolute atomic E-state index is 0.00109. The van der Waals surface area contributed by atoms with Gasteiger partial charge in [-0.15, -0.1) is 10.2 Å². The lowest BCUT2D eigenvalue weighted by atomic mass is 9.96. The van der Waals surface area contributed by atoms with Crippen molar-refractivity contribution < 1.29 is 19.0 Å². The predicted octanol–water partition coefficient (Wildman–Crippen LogP) is 4.06. The molecule has 1 fully saturated rings. The third kappa shape index (κ3) is 6.16. The van der Waals surface area contributed by atoms with E-state index in [0.29, 0.717) is 35.6 Å². The van der Waals surface area contributed by atoms with Crippen LogP contribution in [0.25, 0.3) is 0 Å². The molecule has 0 spiro atoms. The second kappa shape index (κ2) is 11.4. The van der Waals surface area contributed by atoms with E-state index in [2.05, 4.69) is 15.5 Å². The Hall–Kier alpha value is -2.20.